The third-order valence-electron chi connectivity index (χ3n) is 5.73. The molecule has 0 aliphatic carbocycles. The molecule has 2 aromatic carbocycles. The minimum atomic E-state index is -3.78. The smallest absolute Gasteiger partial charge is 0.281 e. The van der Waals surface area contributed by atoms with Crippen molar-refractivity contribution in [1.29, 1.82) is 0 Å². The second-order valence-corrected chi connectivity index (χ2v) is 12.2. The lowest BCUT2D eigenvalue weighted by Crippen LogP contribution is -2.47. The fourth-order valence-corrected chi connectivity index (χ4v) is 5.82. The van der Waals surface area contributed by atoms with Gasteiger partial charge in [-0.2, -0.15) is 17.0 Å². The average Bonchev–Trinajstić information content (AvgIpc) is 2.76. The van der Waals surface area contributed by atoms with Crippen molar-refractivity contribution in [2.75, 3.05) is 37.2 Å². The van der Waals surface area contributed by atoms with Crippen molar-refractivity contribution >= 4 is 37.5 Å². The second kappa shape index (κ2) is 9.80. The Morgan fingerprint density at radius 1 is 0.970 bits per heavy atom. The lowest BCUT2D eigenvalue weighted by molar-refractivity contribution is -0.120. The van der Waals surface area contributed by atoms with Crippen LogP contribution in [0, 0.1) is 19.8 Å². The van der Waals surface area contributed by atoms with Gasteiger partial charge in [-0.05, 0) is 74.2 Å². The predicted octanol–water partition coefficient (Wildman–Crippen LogP) is 2.56. The van der Waals surface area contributed by atoms with E-state index in [1.807, 2.05) is 19.9 Å². The van der Waals surface area contributed by atoms with Gasteiger partial charge >= 0.3 is 0 Å². The van der Waals surface area contributed by atoms with E-state index in [1.54, 1.807) is 12.1 Å². The molecule has 0 bridgehead atoms. The third kappa shape index (κ3) is 5.91. The standard InChI is InChI=1S/C22H30N4O5S2/c1-16-7-8-20(14-17(16)2)24-32(28,29)21-11-9-19(10-12-21)23-22(27)18-6-5-13-26(15-18)33(30,31)25(3)4/h7-12,14,18,24H,5-6,13,15H2,1-4H3,(H,23,27)/t18-/m0/s1. The Kier molecular flexibility index (Phi) is 7.47. The van der Waals surface area contributed by atoms with Crippen molar-refractivity contribution in [1.82, 2.24) is 8.61 Å². The van der Waals surface area contributed by atoms with Crippen molar-refractivity contribution in [3.8, 4) is 0 Å². The zero-order chi connectivity index (χ0) is 24.4. The van der Waals surface area contributed by atoms with Gasteiger partial charge < -0.3 is 5.32 Å². The molecule has 1 aliphatic heterocycles. The summed E-state index contributed by atoms with van der Waals surface area (Å²) in [4.78, 5) is 12.8. The highest BCUT2D eigenvalue weighted by molar-refractivity contribution is 7.92. The van der Waals surface area contributed by atoms with E-state index in [1.165, 1.54) is 42.7 Å². The maximum Gasteiger partial charge on any atom is 0.281 e. The average molecular weight is 495 g/mol. The van der Waals surface area contributed by atoms with Crippen LogP contribution in [0.5, 0.6) is 0 Å². The van der Waals surface area contributed by atoms with Gasteiger partial charge in [-0.1, -0.05) is 6.07 Å². The van der Waals surface area contributed by atoms with E-state index in [4.69, 9.17) is 0 Å². The summed E-state index contributed by atoms with van der Waals surface area (Å²) in [6, 6.07) is 11.2. The van der Waals surface area contributed by atoms with Crippen LogP contribution in [0.4, 0.5) is 11.4 Å². The fourth-order valence-electron chi connectivity index (χ4n) is 3.58. The van der Waals surface area contributed by atoms with Crippen molar-refractivity contribution in [2.24, 2.45) is 5.92 Å². The molecule has 180 valence electrons. The molecule has 0 saturated carbocycles. The first-order valence-corrected chi connectivity index (χ1v) is 13.5. The van der Waals surface area contributed by atoms with E-state index in [9.17, 15) is 21.6 Å². The van der Waals surface area contributed by atoms with E-state index >= 15 is 0 Å². The Hall–Kier alpha value is -2.47. The van der Waals surface area contributed by atoms with E-state index in [0.717, 1.165) is 15.4 Å². The summed E-state index contributed by atoms with van der Waals surface area (Å²) in [5.41, 5.74) is 2.97. The number of hydrogen-bond donors (Lipinski definition) is 2. The van der Waals surface area contributed by atoms with Gasteiger partial charge in [0.2, 0.25) is 5.91 Å². The van der Waals surface area contributed by atoms with Crippen LogP contribution in [0.25, 0.3) is 0 Å². The van der Waals surface area contributed by atoms with Gasteiger partial charge in [0, 0.05) is 38.6 Å². The third-order valence-corrected chi connectivity index (χ3v) is 9.04. The van der Waals surface area contributed by atoms with Crippen LogP contribution in [0.1, 0.15) is 24.0 Å². The molecule has 1 aliphatic rings. The molecule has 9 nitrogen and oxygen atoms in total. The number of carbonyl (C=O) groups is 1. The first-order valence-electron chi connectivity index (χ1n) is 10.6. The van der Waals surface area contributed by atoms with Crippen molar-refractivity contribution in [3.05, 3.63) is 53.6 Å². The molecular weight excluding hydrogens is 464 g/mol. The molecule has 0 unspecified atom stereocenters. The highest BCUT2D eigenvalue weighted by Gasteiger charge is 2.33. The number of sulfonamides is 1. The number of nitrogens with zero attached hydrogens (tertiary/aromatic N) is 2. The predicted molar refractivity (Wildman–Crippen MR) is 129 cm³/mol. The normalized spacial score (nSPS) is 17.7. The Balaban J connectivity index is 1.66. The van der Waals surface area contributed by atoms with E-state index < -0.39 is 26.2 Å². The summed E-state index contributed by atoms with van der Waals surface area (Å²) in [7, 11) is -4.44. The van der Waals surface area contributed by atoms with Gasteiger partial charge in [-0.3, -0.25) is 9.52 Å². The molecule has 11 heteroatoms. The number of anilines is 2. The van der Waals surface area contributed by atoms with Crippen LogP contribution in [0.15, 0.2) is 47.4 Å². The molecule has 1 heterocycles. The number of aryl methyl sites for hydroxylation is 2. The molecule has 1 atom stereocenters. The van der Waals surface area contributed by atoms with Crippen LogP contribution < -0.4 is 10.0 Å². The number of carbonyl (C=O) groups excluding carboxylic acids is 1. The van der Waals surface area contributed by atoms with Crippen LogP contribution in [-0.2, 0) is 25.0 Å². The van der Waals surface area contributed by atoms with Gasteiger partial charge in [-0.25, -0.2) is 8.42 Å². The number of amides is 1. The molecule has 1 saturated heterocycles. The number of nitrogens with one attached hydrogen (secondary N) is 2. The number of benzene rings is 2. The summed E-state index contributed by atoms with van der Waals surface area (Å²) >= 11 is 0. The molecule has 2 N–H and O–H groups in total. The van der Waals surface area contributed by atoms with Crippen LogP contribution in [0.2, 0.25) is 0 Å². The van der Waals surface area contributed by atoms with Gasteiger partial charge in [0.15, 0.2) is 0 Å². The number of piperidine rings is 1. The van der Waals surface area contributed by atoms with Crippen LogP contribution in [-0.4, -0.2) is 58.5 Å². The summed E-state index contributed by atoms with van der Waals surface area (Å²) in [6.45, 7) is 4.35. The number of hydrogen-bond acceptors (Lipinski definition) is 5. The summed E-state index contributed by atoms with van der Waals surface area (Å²) in [6.07, 6.45) is 1.17. The maximum atomic E-state index is 12.7. The first-order chi connectivity index (χ1) is 15.4. The topological polar surface area (TPSA) is 116 Å². The monoisotopic (exact) mass is 494 g/mol. The largest absolute Gasteiger partial charge is 0.326 e. The number of rotatable bonds is 7. The SMILES string of the molecule is Cc1ccc(NS(=O)(=O)c2ccc(NC(=O)[C@H]3CCCN(S(=O)(=O)N(C)C)C3)cc2)cc1C. The quantitative estimate of drug-likeness (QED) is 0.614. The Bertz CT molecular complexity index is 1230. The van der Waals surface area contributed by atoms with Gasteiger partial charge in [0.1, 0.15) is 0 Å². The minimum Gasteiger partial charge on any atom is -0.326 e. The highest BCUT2D eigenvalue weighted by Crippen LogP contribution is 2.23. The molecule has 33 heavy (non-hydrogen) atoms. The van der Waals surface area contributed by atoms with Crippen molar-refractivity contribution < 1.29 is 21.6 Å². The zero-order valence-corrected chi connectivity index (χ0v) is 20.8. The van der Waals surface area contributed by atoms with E-state index in [2.05, 4.69) is 10.0 Å². The summed E-state index contributed by atoms with van der Waals surface area (Å²) < 4.78 is 55.1. The maximum absolute atomic E-state index is 12.7. The van der Waals surface area contributed by atoms with Gasteiger partial charge in [0.25, 0.3) is 20.2 Å². The van der Waals surface area contributed by atoms with Gasteiger partial charge in [-0.15, -0.1) is 0 Å². The molecule has 1 fully saturated rings. The highest BCUT2D eigenvalue weighted by atomic mass is 32.2. The van der Waals surface area contributed by atoms with Crippen LogP contribution in [0.3, 0.4) is 0 Å². The van der Waals surface area contributed by atoms with Crippen molar-refractivity contribution in [3.63, 3.8) is 0 Å². The van der Waals surface area contributed by atoms with E-state index in [-0.39, 0.29) is 17.3 Å². The lowest BCUT2D eigenvalue weighted by atomic mass is 9.99. The Morgan fingerprint density at radius 3 is 2.21 bits per heavy atom. The Labute approximate surface area is 196 Å². The summed E-state index contributed by atoms with van der Waals surface area (Å²) in [5, 5.41) is 2.77. The zero-order valence-electron chi connectivity index (χ0n) is 19.2. The fraction of sp³-hybridized carbons (Fsp3) is 0.409. The second-order valence-electron chi connectivity index (χ2n) is 8.41. The Morgan fingerprint density at radius 2 is 1.61 bits per heavy atom. The van der Waals surface area contributed by atoms with Crippen molar-refractivity contribution in [2.45, 2.75) is 31.6 Å². The molecule has 1 amide bonds. The molecule has 0 aromatic heterocycles. The van der Waals surface area contributed by atoms with Crippen LogP contribution >= 0.6 is 0 Å². The van der Waals surface area contributed by atoms with E-state index in [0.29, 0.717) is 30.8 Å². The molecular formula is C22H30N4O5S2. The molecule has 0 radical (unpaired) electrons. The first kappa shape index (κ1) is 25.2. The lowest BCUT2D eigenvalue weighted by Gasteiger charge is -2.32. The molecule has 0 spiro atoms. The van der Waals surface area contributed by atoms with Gasteiger partial charge in [0.05, 0.1) is 10.8 Å². The molecule has 2 aromatic rings. The molecule has 3 rings (SSSR count). The minimum absolute atomic E-state index is 0.0691. The summed E-state index contributed by atoms with van der Waals surface area (Å²) in [5.74, 6) is -0.777.